The average molecular weight is 224 g/mol. The van der Waals surface area contributed by atoms with Crippen LogP contribution >= 0.6 is 0 Å². The molecule has 1 aromatic rings. The third-order valence-electron chi connectivity index (χ3n) is 2.16. The van der Waals surface area contributed by atoms with Crippen molar-refractivity contribution in [2.24, 2.45) is 0 Å². The Bertz CT molecular complexity index is 331. The van der Waals surface area contributed by atoms with Crippen LogP contribution in [0.4, 0.5) is 0 Å². The topological polar surface area (TPSA) is 55.8 Å². The SMILES string of the molecule is CCOc1ccc(C(O)CC(=O)OC)cc1. The third kappa shape index (κ3) is 3.55. The number of rotatable bonds is 5. The summed E-state index contributed by atoms with van der Waals surface area (Å²) in [5.74, 6) is 0.318. The first kappa shape index (κ1) is 12.5. The molecule has 0 aliphatic rings. The molecule has 1 aromatic carbocycles. The zero-order chi connectivity index (χ0) is 12.0. The van der Waals surface area contributed by atoms with E-state index in [4.69, 9.17) is 4.74 Å². The number of hydrogen-bond donors (Lipinski definition) is 1. The van der Waals surface area contributed by atoms with E-state index in [1.807, 2.05) is 6.92 Å². The van der Waals surface area contributed by atoms with Gasteiger partial charge in [0.1, 0.15) is 5.75 Å². The van der Waals surface area contributed by atoms with Gasteiger partial charge in [-0.2, -0.15) is 0 Å². The second-order valence-electron chi connectivity index (χ2n) is 3.30. The predicted molar refractivity (Wildman–Crippen MR) is 59.2 cm³/mol. The molecule has 4 nitrogen and oxygen atoms in total. The summed E-state index contributed by atoms with van der Waals surface area (Å²) in [5, 5.41) is 9.70. The lowest BCUT2D eigenvalue weighted by atomic mass is 10.1. The van der Waals surface area contributed by atoms with Gasteiger partial charge >= 0.3 is 5.97 Å². The Morgan fingerprint density at radius 1 is 1.38 bits per heavy atom. The molecule has 1 N–H and O–H groups in total. The van der Waals surface area contributed by atoms with Crippen molar-refractivity contribution < 1.29 is 19.4 Å². The smallest absolute Gasteiger partial charge is 0.308 e. The average Bonchev–Trinajstić information content (AvgIpc) is 2.30. The van der Waals surface area contributed by atoms with Gasteiger partial charge in [-0.25, -0.2) is 0 Å². The molecule has 0 amide bonds. The van der Waals surface area contributed by atoms with Crippen LogP contribution in [0.15, 0.2) is 24.3 Å². The number of aliphatic hydroxyl groups excluding tert-OH is 1. The van der Waals surface area contributed by atoms with Gasteiger partial charge in [0.2, 0.25) is 0 Å². The van der Waals surface area contributed by atoms with Crippen molar-refractivity contribution in [3.63, 3.8) is 0 Å². The van der Waals surface area contributed by atoms with Crippen molar-refractivity contribution in [2.45, 2.75) is 19.4 Å². The number of hydrogen-bond acceptors (Lipinski definition) is 4. The van der Waals surface area contributed by atoms with E-state index in [-0.39, 0.29) is 6.42 Å². The maximum Gasteiger partial charge on any atom is 0.308 e. The molecule has 0 fully saturated rings. The van der Waals surface area contributed by atoms with E-state index in [0.29, 0.717) is 12.2 Å². The first-order chi connectivity index (χ1) is 7.67. The summed E-state index contributed by atoms with van der Waals surface area (Å²) in [6.45, 7) is 2.50. The molecular weight excluding hydrogens is 208 g/mol. The van der Waals surface area contributed by atoms with Gasteiger partial charge in [-0.1, -0.05) is 12.1 Å². The molecule has 1 rings (SSSR count). The maximum absolute atomic E-state index is 11.0. The molecule has 0 saturated carbocycles. The van der Waals surface area contributed by atoms with E-state index < -0.39 is 12.1 Å². The quantitative estimate of drug-likeness (QED) is 0.773. The molecule has 0 heterocycles. The van der Waals surface area contributed by atoms with Crippen molar-refractivity contribution in [2.75, 3.05) is 13.7 Å². The number of aliphatic hydroxyl groups is 1. The van der Waals surface area contributed by atoms with Gasteiger partial charge in [0.05, 0.1) is 26.2 Å². The molecule has 0 saturated heterocycles. The Balaban J connectivity index is 2.62. The van der Waals surface area contributed by atoms with Crippen molar-refractivity contribution in [3.05, 3.63) is 29.8 Å². The lowest BCUT2D eigenvalue weighted by Gasteiger charge is -2.10. The molecule has 1 unspecified atom stereocenters. The molecule has 0 aliphatic heterocycles. The van der Waals surface area contributed by atoms with E-state index in [0.717, 1.165) is 5.75 Å². The number of methoxy groups -OCH3 is 1. The highest BCUT2D eigenvalue weighted by Crippen LogP contribution is 2.20. The summed E-state index contributed by atoms with van der Waals surface area (Å²) in [7, 11) is 1.30. The van der Waals surface area contributed by atoms with Gasteiger partial charge in [-0.05, 0) is 24.6 Å². The standard InChI is InChI=1S/C12H16O4/c1-3-16-10-6-4-9(5-7-10)11(13)8-12(14)15-2/h4-7,11,13H,3,8H2,1-2H3. The maximum atomic E-state index is 11.0. The monoisotopic (exact) mass is 224 g/mol. The summed E-state index contributed by atoms with van der Waals surface area (Å²) in [4.78, 5) is 11.0. The number of esters is 1. The van der Waals surface area contributed by atoms with Crippen LogP contribution in [-0.4, -0.2) is 24.8 Å². The lowest BCUT2D eigenvalue weighted by Crippen LogP contribution is -2.07. The van der Waals surface area contributed by atoms with Crippen molar-refractivity contribution in [1.29, 1.82) is 0 Å². The molecule has 4 heteroatoms. The van der Waals surface area contributed by atoms with Crippen LogP contribution in [0.5, 0.6) is 5.75 Å². The fourth-order valence-electron chi connectivity index (χ4n) is 1.31. The third-order valence-corrected chi connectivity index (χ3v) is 2.16. The van der Waals surface area contributed by atoms with Gasteiger partial charge in [0.25, 0.3) is 0 Å². The van der Waals surface area contributed by atoms with Gasteiger partial charge in [-0.15, -0.1) is 0 Å². The van der Waals surface area contributed by atoms with Crippen molar-refractivity contribution >= 4 is 5.97 Å². The lowest BCUT2D eigenvalue weighted by molar-refractivity contribution is -0.142. The van der Waals surface area contributed by atoms with E-state index in [9.17, 15) is 9.90 Å². The molecule has 0 spiro atoms. The molecule has 0 aromatic heterocycles. The van der Waals surface area contributed by atoms with Gasteiger partial charge in [-0.3, -0.25) is 4.79 Å². The second-order valence-corrected chi connectivity index (χ2v) is 3.30. The molecule has 16 heavy (non-hydrogen) atoms. The van der Waals surface area contributed by atoms with E-state index in [2.05, 4.69) is 4.74 Å². The summed E-state index contributed by atoms with van der Waals surface area (Å²) in [6.07, 6.45) is -0.868. The summed E-state index contributed by atoms with van der Waals surface area (Å²) in [5.41, 5.74) is 0.675. The highest BCUT2D eigenvalue weighted by Gasteiger charge is 2.12. The summed E-state index contributed by atoms with van der Waals surface area (Å²) in [6, 6.07) is 7.00. The molecule has 0 aliphatic carbocycles. The predicted octanol–water partition coefficient (Wildman–Crippen LogP) is 1.68. The first-order valence-electron chi connectivity index (χ1n) is 5.15. The second kappa shape index (κ2) is 6.12. The first-order valence-corrected chi connectivity index (χ1v) is 5.15. The molecule has 0 bridgehead atoms. The van der Waals surface area contributed by atoms with E-state index in [1.54, 1.807) is 24.3 Å². The Morgan fingerprint density at radius 2 is 2.00 bits per heavy atom. The number of carbonyl (C=O) groups is 1. The Hall–Kier alpha value is -1.55. The summed E-state index contributed by atoms with van der Waals surface area (Å²) >= 11 is 0. The fourth-order valence-corrected chi connectivity index (χ4v) is 1.31. The molecule has 1 atom stereocenters. The van der Waals surface area contributed by atoms with E-state index >= 15 is 0 Å². The van der Waals surface area contributed by atoms with E-state index in [1.165, 1.54) is 7.11 Å². The largest absolute Gasteiger partial charge is 0.494 e. The van der Waals surface area contributed by atoms with Crippen molar-refractivity contribution in [3.8, 4) is 5.75 Å². The number of benzene rings is 1. The minimum Gasteiger partial charge on any atom is -0.494 e. The zero-order valence-electron chi connectivity index (χ0n) is 9.47. The van der Waals surface area contributed by atoms with Crippen LogP contribution in [0, 0.1) is 0 Å². The van der Waals surface area contributed by atoms with Crippen LogP contribution in [0.3, 0.4) is 0 Å². The Kier molecular flexibility index (Phi) is 4.79. The normalized spacial score (nSPS) is 11.9. The van der Waals surface area contributed by atoms with Crippen molar-refractivity contribution in [1.82, 2.24) is 0 Å². The molecular formula is C12H16O4. The van der Waals surface area contributed by atoms with Crippen LogP contribution < -0.4 is 4.74 Å². The van der Waals surface area contributed by atoms with Crippen LogP contribution in [0.25, 0.3) is 0 Å². The van der Waals surface area contributed by atoms with Crippen LogP contribution in [0.2, 0.25) is 0 Å². The van der Waals surface area contributed by atoms with Gasteiger partial charge in [0, 0.05) is 0 Å². The van der Waals surface area contributed by atoms with Crippen LogP contribution in [0.1, 0.15) is 25.0 Å². The van der Waals surface area contributed by atoms with Crippen LogP contribution in [-0.2, 0) is 9.53 Å². The fraction of sp³-hybridized carbons (Fsp3) is 0.417. The Morgan fingerprint density at radius 3 is 2.50 bits per heavy atom. The highest BCUT2D eigenvalue weighted by atomic mass is 16.5. The van der Waals surface area contributed by atoms with Gasteiger partial charge in [0.15, 0.2) is 0 Å². The van der Waals surface area contributed by atoms with Gasteiger partial charge < -0.3 is 14.6 Å². The zero-order valence-corrected chi connectivity index (χ0v) is 9.47. The molecule has 88 valence electrons. The Labute approximate surface area is 94.8 Å². The highest BCUT2D eigenvalue weighted by molar-refractivity contribution is 5.70. The summed E-state index contributed by atoms with van der Waals surface area (Å²) < 4.78 is 9.75. The minimum absolute atomic E-state index is 0.0372. The number of ether oxygens (including phenoxy) is 2. The molecule has 0 radical (unpaired) electrons. The minimum atomic E-state index is -0.830. The number of carbonyl (C=O) groups excluding carboxylic acids is 1.